The summed E-state index contributed by atoms with van der Waals surface area (Å²) >= 11 is 1.69. The third kappa shape index (κ3) is 4.66. The van der Waals surface area contributed by atoms with E-state index in [9.17, 15) is 8.78 Å². The monoisotopic (exact) mass is 287 g/mol. The van der Waals surface area contributed by atoms with Gasteiger partial charge in [0.05, 0.1) is 6.61 Å². The Labute approximate surface area is 116 Å². The normalized spacial score (nSPS) is 14.7. The molecule has 0 aromatic heterocycles. The molecule has 19 heavy (non-hydrogen) atoms. The Bertz CT molecular complexity index is 401. The number of hydrogen-bond donors (Lipinski definition) is 1. The highest BCUT2D eigenvalue weighted by Gasteiger charge is 2.20. The summed E-state index contributed by atoms with van der Waals surface area (Å²) in [5, 5.41) is 3.23. The molecule has 1 aliphatic carbocycles. The molecule has 1 fully saturated rings. The fourth-order valence-corrected chi connectivity index (χ4v) is 2.19. The zero-order chi connectivity index (χ0) is 13.7. The molecule has 0 atom stereocenters. The second-order valence-electron chi connectivity index (χ2n) is 4.74. The van der Waals surface area contributed by atoms with Crippen LogP contribution in [0.2, 0.25) is 0 Å². The molecule has 1 N–H and O–H groups in total. The summed E-state index contributed by atoms with van der Waals surface area (Å²) in [7, 11) is 0. The fraction of sp³-hybridized carbons (Fsp3) is 0.571. The minimum absolute atomic E-state index is 0.253. The maximum Gasteiger partial charge on any atom is 0.190 e. The van der Waals surface area contributed by atoms with E-state index in [2.05, 4.69) is 5.32 Å². The number of thioether (sulfide) groups is 1. The van der Waals surface area contributed by atoms with E-state index >= 15 is 0 Å². The van der Waals surface area contributed by atoms with Gasteiger partial charge in [-0.2, -0.15) is 11.8 Å². The largest absolute Gasteiger partial charge is 0.488 e. The van der Waals surface area contributed by atoms with Gasteiger partial charge in [-0.15, -0.1) is 0 Å². The van der Waals surface area contributed by atoms with Gasteiger partial charge in [0.2, 0.25) is 0 Å². The molecule has 5 heteroatoms. The fourth-order valence-electron chi connectivity index (χ4n) is 1.78. The molecule has 0 unspecified atom stereocenters. The van der Waals surface area contributed by atoms with E-state index in [1.165, 1.54) is 12.1 Å². The van der Waals surface area contributed by atoms with Crippen LogP contribution in [0, 0.1) is 11.6 Å². The van der Waals surface area contributed by atoms with E-state index in [0.29, 0.717) is 24.8 Å². The molecule has 2 rings (SSSR count). The quantitative estimate of drug-likeness (QED) is 0.741. The first-order valence-corrected chi connectivity index (χ1v) is 7.93. The SMILES string of the molecule is CSCCCOc1c(F)cc(CNC2CC2)cc1F. The molecule has 0 heterocycles. The van der Waals surface area contributed by atoms with Crippen molar-refractivity contribution in [1.29, 1.82) is 0 Å². The standard InChI is InChI=1S/C14H19F2NOS/c1-19-6-2-5-18-14-12(15)7-10(8-13(14)16)9-17-11-3-4-11/h7-8,11,17H,2-6,9H2,1H3. The van der Waals surface area contributed by atoms with Crippen molar-refractivity contribution in [3.8, 4) is 5.75 Å². The van der Waals surface area contributed by atoms with Crippen molar-refractivity contribution in [1.82, 2.24) is 5.32 Å². The van der Waals surface area contributed by atoms with Crippen molar-refractivity contribution in [2.75, 3.05) is 18.6 Å². The lowest BCUT2D eigenvalue weighted by molar-refractivity contribution is 0.285. The Hall–Kier alpha value is -0.810. The van der Waals surface area contributed by atoms with Crippen LogP contribution in [0.15, 0.2) is 12.1 Å². The van der Waals surface area contributed by atoms with Crippen LogP contribution in [-0.4, -0.2) is 24.7 Å². The molecule has 1 aromatic rings. The Morgan fingerprint density at radius 3 is 2.58 bits per heavy atom. The van der Waals surface area contributed by atoms with E-state index in [1.807, 2.05) is 6.26 Å². The molecule has 0 radical (unpaired) electrons. The van der Waals surface area contributed by atoms with Crippen molar-refractivity contribution < 1.29 is 13.5 Å². The van der Waals surface area contributed by atoms with Crippen LogP contribution >= 0.6 is 11.8 Å². The van der Waals surface area contributed by atoms with Crippen LogP contribution in [0.1, 0.15) is 24.8 Å². The zero-order valence-corrected chi connectivity index (χ0v) is 11.9. The van der Waals surface area contributed by atoms with Gasteiger partial charge in [0, 0.05) is 12.6 Å². The number of ether oxygens (including phenoxy) is 1. The van der Waals surface area contributed by atoms with Gasteiger partial charge in [0.15, 0.2) is 17.4 Å². The number of halogens is 2. The van der Waals surface area contributed by atoms with Crippen molar-refractivity contribution in [3.63, 3.8) is 0 Å². The van der Waals surface area contributed by atoms with Crippen molar-refractivity contribution in [2.45, 2.75) is 31.8 Å². The summed E-state index contributed by atoms with van der Waals surface area (Å²) in [6, 6.07) is 3.22. The predicted octanol–water partition coefficient (Wildman–Crippen LogP) is 3.35. The molecule has 1 aromatic carbocycles. The Balaban J connectivity index is 1.91. The Morgan fingerprint density at radius 2 is 2.00 bits per heavy atom. The van der Waals surface area contributed by atoms with E-state index in [0.717, 1.165) is 25.0 Å². The number of hydrogen-bond acceptors (Lipinski definition) is 3. The van der Waals surface area contributed by atoms with Crippen LogP contribution in [-0.2, 0) is 6.54 Å². The zero-order valence-electron chi connectivity index (χ0n) is 11.0. The summed E-state index contributed by atoms with van der Waals surface area (Å²) in [4.78, 5) is 0. The molecule has 0 aliphatic heterocycles. The first kappa shape index (κ1) is 14.6. The summed E-state index contributed by atoms with van der Waals surface area (Å²) in [6.07, 6.45) is 5.08. The average molecular weight is 287 g/mol. The van der Waals surface area contributed by atoms with Gasteiger partial charge in [0.1, 0.15) is 0 Å². The van der Waals surface area contributed by atoms with Gasteiger partial charge in [-0.3, -0.25) is 0 Å². The first-order chi connectivity index (χ1) is 9.20. The summed E-state index contributed by atoms with van der Waals surface area (Å²) < 4.78 is 32.7. The summed E-state index contributed by atoms with van der Waals surface area (Å²) in [6.45, 7) is 0.847. The molecule has 0 saturated heterocycles. The highest BCUT2D eigenvalue weighted by Crippen LogP contribution is 2.25. The Morgan fingerprint density at radius 1 is 1.32 bits per heavy atom. The summed E-state index contributed by atoms with van der Waals surface area (Å²) in [5.41, 5.74) is 0.623. The second-order valence-corrected chi connectivity index (χ2v) is 5.72. The van der Waals surface area contributed by atoms with E-state index < -0.39 is 11.6 Å². The highest BCUT2D eigenvalue weighted by molar-refractivity contribution is 7.98. The molecule has 2 nitrogen and oxygen atoms in total. The van der Waals surface area contributed by atoms with Gasteiger partial charge in [0.25, 0.3) is 0 Å². The van der Waals surface area contributed by atoms with Crippen LogP contribution in [0.4, 0.5) is 8.78 Å². The molecule has 0 bridgehead atoms. The third-order valence-electron chi connectivity index (χ3n) is 2.97. The lowest BCUT2D eigenvalue weighted by atomic mass is 10.2. The lowest BCUT2D eigenvalue weighted by Gasteiger charge is -2.10. The lowest BCUT2D eigenvalue weighted by Crippen LogP contribution is -2.15. The number of rotatable bonds is 8. The van der Waals surface area contributed by atoms with E-state index in [4.69, 9.17) is 4.74 Å². The van der Waals surface area contributed by atoms with Crippen molar-refractivity contribution in [2.24, 2.45) is 0 Å². The van der Waals surface area contributed by atoms with Gasteiger partial charge in [-0.05, 0) is 49.0 Å². The third-order valence-corrected chi connectivity index (χ3v) is 3.67. The van der Waals surface area contributed by atoms with Gasteiger partial charge in [-0.25, -0.2) is 8.78 Å². The topological polar surface area (TPSA) is 21.3 Å². The second kappa shape index (κ2) is 7.10. The molecule has 0 spiro atoms. The average Bonchev–Trinajstić information content (AvgIpc) is 3.18. The molecule has 1 saturated carbocycles. The predicted molar refractivity (Wildman–Crippen MR) is 74.7 cm³/mol. The molecule has 0 amide bonds. The first-order valence-electron chi connectivity index (χ1n) is 6.53. The highest BCUT2D eigenvalue weighted by atomic mass is 32.2. The maximum atomic E-state index is 13.8. The van der Waals surface area contributed by atoms with E-state index in [-0.39, 0.29) is 5.75 Å². The summed E-state index contributed by atoms with van der Waals surface area (Å²) in [5.74, 6) is -0.558. The van der Waals surface area contributed by atoms with Crippen LogP contribution < -0.4 is 10.1 Å². The van der Waals surface area contributed by atoms with Gasteiger partial charge in [-0.1, -0.05) is 0 Å². The van der Waals surface area contributed by atoms with Crippen LogP contribution in [0.5, 0.6) is 5.75 Å². The minimum Gasteiger partial charge on any atom is -0.488 e. The minimum atomic E-state index is -0.614. The molecular weight excluding hydrogens is 268 g/mol. The van der Waals surface area contributed by atoms with Gasteiger partial charge >= 0.3 is 0 Å². The van der Waals surface area contributed by atoms with Crippen molar-refractivity contribution >= 4 is 11.8 Å². The molecular formula is C14H19F2NOS. The van der Waals surface area contributed by atoms with Crippen molar-refractivity contribution in [3.05, 3.63) is 29.3 Å². The van der Waals surface area contributed by atoms with Gasteiger partial charge < -0.3 is 10.1 Å². The Kier molecular flexibility index (Phi) is 5.45. The molecule has 1 aliphatic rings. The number of nitrogens with one attached hydrogen (secondary N) is 1. The van der Waals surface area contributed by atoms with Crippen LogP contribution in [0.25, 0.3) is 0 Å². The number of benzene rings is 1. The van der Waals surface area contributed by atoms with E-state index in [1.54, 1.807) is 11.8 Å². The molecule has 106 valence electrons. The maximum absolute atomic E-state index is 13.8. The van der Waals surface area contributed by atoms with Crippen LogP contribution in [0.3, 0.4) is 0 Å². The smallest absolute Gasteiger partial charge is 0.190 e.